The van der Waals surface area contributed by atoms with Crippen molar-refractivity contribution in [1.82, 2.24) is 5.32 Å². The third-order valence-electron chi connectivity index (χ3n) is 16.6. The van der Waals surface area contributed by atoms with Crippen molar-refractivity contribution in [1.29, 1.82) is 0 Å². The zero-order valence-corrected chi connectivity index (χ0v) is 53.8. The number of ether oxygens (including phenoxy) is 1. The molecule has 0 aromatic carbocycles. The van der Waals surface area contributed by atoms with Crippen LogP contribution in [0.3, 0.4) is 0 Å². The molecule has 0 bridgehead atoms. The fourth-order valence-electron chi connectivity index (χ4n) is 11.1. The SMILES string of the molecule is CCCCCCCC/C=C\CCCCCCCCCC(=O)OCC/C=C\C/C=C\CCCCCCCCCCCCCCCCC(=O)NC(CO)C(O)/C=C/CCCCCCCCCCCCCCCCCCCCCCCCC. The summed E-state index contributed by atoms with van der Waals surface area (Å²) in [4.78, 5) is 24.6. The molecule has 6 heteroatoms. The molecule has 1 amide bonds. The number of rotatable bonds is 67. The van der Waals surface area contributed by atoms with Gasteiger partial charge in [0, 0.05) is 12.8 Å². The van der Waals surface area contributed by atoms with Gasteiger partial charge < -0.3 is 20.3 Å². The monoisotopic (exact) mass is 1120 g/mol. The first-order valence-corrected chi connectivity index (χ1v) is 35.9. The Labute approximate surface area is 499 Å². The molecule has 2 atom stereocenters. The van der Waals surface area contributed by atoms with E-state index in [0.717, 1.165) is 51.4 Å². The average Bonchev–Trinajstić information content (AvgIpc) is 3.46. The Morgan fingerprint density at radius 2 is 0.625 bits per heavy atom. The number of allylic oxidation sites excluding steroid dienone is 6. The highest BCUT2D eigenvalue weighted by molar-refractivity contribution is 5.76. The molecule has 0 aliphatic rings. The predicted molar refractivity (Wildman–Crippen MR) is 352 cm³/mol. The first-order chi connectivity index (χ1) is 39.5. The van der Waals surface area contributed by atoms with E-state index in [1.165, 1.54) is 308 Å². The summed E-state index contributed by atoms with van der Waals surface area (Å²) in [7, 11) is 0. The average molecular weight is 1120 g/mol. The summed E-state index contributed by atoms with van der Waals surface area (Å²) >= 11 is 0. The van der Waals surface area contributed by atoms with E-state index >= 15 is 0 Å². The number of carbonyl (C=O) groups excluding carboxylic acids is 2. The molecule has 0 aromatic heterocycles. The van der Waals surface area contributed by atoms with Crippen LogP contribution in [0.4, 0.5) is 0 Å². The number of unbranched alkanes of at least 4 members (excludes halogenated alkanes) is 50. The molecule has 0 fully saturated rings. The van der Waals surface area contributed by atoms with Gasteiger partial charge in [-0.3, -0.25) is 9.59 Å². The Morgan fingerprint density at radius 1 is 0.350 bits per heavy atom. The van der Waals surface area contributed by atoms with Gasteiger partial charge in [-0.05, 0) is 77.0 Å². The Balaban J connectivity index is 3.47. The summed E-state index contributed by atoms with van der Waals surface area (Å²) in [6, 6.07) is -0.634. The van der Waals surface area contributed by atoms with Crippen LogP contribution in [0.25, 0.3) is 0 Å². The van der Waals surface area contributed by atoms with Gasteiger partial charge in [0.25, 0.3) is 0 Å². The number of aliphatic hydroxyl groups is 2. The van der Waals surface area contributed by atoms with Gasteiger partial charge >= 0.3 is 5.97 Å². The Kier molecular flexibility index (Phi) is 67.4. The van der Waals surface area contributed by atoms with Gasteiger partial charge in [0.2, 0.25) is 5.91 Å². The normalized spacial score (nSPS) is 12.8. The second kappa shape index (κ2) is 69.3. The van der Waals surface area contributed by atoms with E-state index in [2.05, 4.69) is 55.6 Å². The van der Waals surface area contributed by atoms with E-state index in [-0.39, 0.29) is 18.5 Å². The van der Waals surface area contributed by atoms with Crippen LogP contribution >= 0.6 is 0 Å². The lowest BCUT2D eigenvalue weighted by molar-refractivity contribution is -0.143. The fraction of sp³-hybridized carbons (Fsp3) is 0.865. The maximum absolute atomic E-state index is 12.5. The molecule has 0 heterocycles. The second-order valence-electron chi connectivity index (χ2n) is 24.6. The van der Waals surface area contributed by atoms with Crippen LogP contribution in [0.2, 0.25) is 0 Å². The molecule has 80 heavy (non-hydrogen) atoms. The lowest BCUT2D eigenvalue weighted by Crippen LogP contribution is -2.45. The van der Waals surface area contributed by atoms with Gasteiger partial charge in [-0.1, -0.05) is 345 Å². The van der Waals surface area contributed by atoms with Crippen LogP contribution in [-0.4, -0.2) is 47.4 Å². The number of hydrogen-bond donors (Lipinski definition) is 3. The summed E-state index contributed by atoms with van der Waals surface area (Å²) in [5.41, 5.74) is 0. The lowest BCUT2D eigenvalue weighted by Gasteiger charge is -2.20. The minimum Gasteiger partial charge on any atom is -0.465 e. The van der Waals surface area contributed by atoms with E-state index in [1.54, 1.807) is 6.08 Å². The van der Waals surface area contributed by atoms with Crippen LogP contribution in [0.5, 0.6) is 0 Å². The van der Waals surface area contributed by atoms with E-state index < -0.39 is 12.1 Å². The highest BCUT2D eigenvalue weighted by Crippen LogP contribution is 2.18. The van der Waals surface area contributed by atoms with Gasteiger partial charge in [-0.25, -0.2) is 0 Å². The van der Waals surface area contributed by atoms with Crippen molar-refractivity contribution in [2.24, 2.45) is 0 Å². The summed E-state index contributed by atoms with van der Waals surface area (Å²) < 4.78 is 5.43. The molecule has 0 spiro atoms. The molecule has 470 valence electrons. The van der Waals surface area contributed by atoms with Crippen molar-refractivity contribution in [3.8, 4) is 0 Å². The van der Waals surface area contributed by atoms with Gasteiger partial charge in [-0.15, -0.1) is 0 Å². The third kappa shape index (κ3) is 65.0. The van der Waals surface area contributed by atoms with Gasteiger partial charge in [-0.2, -0.15) is 0 Å². The molecule has 0 rings (SSSR count). The number of hydrogen-bond acceptors (Lipinski definition) is 5. The molecule has 0 aliphatic heterocycles. The van der Waals surface area contributed by atoms with Crippen molar-refractivity contribution < 1.29 is 24.5 Å². The minimum atomic E-state index is -0.851. The maximum Gasteiger partial charge on any atom is 0.305 e. The van der Waals surface area contributed by atoms with E-state index in [9.17, 15) is 19.8 Å². The molecule has 0 aromatic rings. The standard InChI is InChI=1S/C74H139NO5/c1-3-5-7-9-11-13-15-17-19-21-22-23-24-25-26-28-31-35-38-42-46-50-54-58-62-66-72(77)71(70-76)75-73(78)67-63-59-55-51-47-43-39-36-32-29-27-30-33-37-41-45-49-53-57-61-65-69-80-74(79)68-64-60-56-52-48-44-40-34-20-18-16-14-12-10-8-6-4-2/h18,20,45,49,57,61-62,66,71-72,76-77H,3-17,19,21-44,46-48,50-56,58-60,63-65,67-70H2,1-2H3,(H,75,78)/b20-18-,49-45-,61-57-,66-62+. The first-order valence-electron chi connectivity index (χ1n) is 35.9. The maximum atomic E-state index is 12.5. The summed E-state index contributed by atoms with van der Waals surface area (Å²) in [5.74, 6) is -0.108. The van der Waals surface area contributed by atoms with Crippen molar-refractivity contribution in [2.75, 3.05) is 13.2 Å². The molecular formula is C74H139NO5. The zero-order chi connectivity index (χ0) is 57.8. The lowest BCUT2D eigenvalue weighted by atomic mass is 10.0. The molecule has 3 N–H and O–H groups in total. The van der Waals surface area contributed by atoms with Crippen LogP contribution in [0.1, 0.15) is 386 Å². The van der Waals surface area contributed by atoms with E-state index in [1.807, 2.05) is 6.08 Å². The Bertz CT molecular complexity index is 1340. The van der Waals surface area contributed by atoms with Crippen molar-refractivity contribution in [3.63, 3.8) is 0 Å². The van der Waals surface area contributed by atoms with Crippen LogP contribution < -0.4 is 5.32 Å². The highest BCUT2D eigenvalue weighted by Gasteiger charge is 2.18. The van der Waals surface area contributed by atoms with Gasteiger partial charge in [0.1, 0.15) is 0 Å². The largest absolute Gasteiger partial charge is 0.465 e. The first kappa shape index (κ1) is 77.8. The molecular weight excluding hydrogens is 983 g/mol. The highest BCUT2D eigenvalue weighted by atomic mass is 16.5. The smallest absolute Gasteiger partial charge is 0.305 e. The number of amides is 1. The number of aliphatic hydroxyl groups excluding tert-OH is 2. The summed E-state index contributed by atoms with van der Waals surface area (Å²) in [6.07, 6.45) is 90.6. The molecule has 0 saturated carbocycles. The fourth-order valence-corrected chi connectivity index (χ4v) is 11.1. The van der Waals surface area contributed by atoms with Crippen LogP contribution in [-0.2, 0) is 14.3 Å². The van der Waals surface area contributed by atoms with Crippen molar-refractivity contribution in [2.45, 2.75) is 398 Å². The molecule has 0 saturated heterocycles. The zero-order valence-electron chi connectivity index (χ0n) is 53.8. The summed E-state index contributed by atoms with van der Waals surface area (Å²) in [5, 5.41) is 23.3. The summed E-state index contributed by atoms with van der Waals surface area (Å²) in [6.45, 7) is 4.82. The molecule has 2 unspecified atom stereocenters. The Hall–Kier alpha value is -2.18. The topological polar surface area (TPSA) is 95.9 Å². The number of esters is 1. The molecule has 0 aliphatic carbocycles. The van der Waals surface area contributed by atoms with Gasteiger partial charge in [0.05, 0.1) is 25.4 Å². The van der Waals surface area contributed by atoms with Crippen molar-refractivity contribution >= 4 is 11.9 Å². The van der Waals surface area contributed by atoms with E-state index in [4.69, 9.17) is 4.74 Å². The van der Waals surface area contributed by atoms with E-state index in [0.29, 0.717) is 19.4 Å². The molecule has 6 nitrogen and oxygen atoms in total. The predicted octanol–water partition coefficient (Wildman–Crippen LogP) is 23.3. The minimum absolute atomic E-state index is 0.0387. The number of nitrogens with one attached hydrogen (secondary N) is 1. The van der Waals surface area contributed by atoms with Gasteiger partial charge in [0.15, 0.2) is 0 Å². The molecule has 0 radical (unpaired) electrons. The third-order valence-corrected chi connectivity index (χ3v) is 16.6. The second-order valence-corrected chi connectivity index (χ2v) is 24.6. The van der Waals surface area contributed by atoms with Crippen LogP contribution in [0.15, 0.2) is 48.6 Å². The van der Waals surface area contributed by atoms with Crippen LogP contribution in [0, 0.1) is 0 Å². The van der Waals surface area contributed by atoms with Crippen molar-refractivity contribution in [3.05, 3.63) is 48.6 Å². The number of carbonyl (C=O) groups is 2. The Morgan fingerprint density at radius 3 is 0.963 bits per heavy atom. The quantitative estimate of drug-likeness (QED) is 0.0320.